The lowest BCUT2D eigenvalue weighted by molar-refractivity contribution is -0.143. The summed E-state index contributed by atoms with van der Waals surface area (Å²) in [5, 5.41) is 0. The zero-order valence-electron chi connectivity index (χ0n) is 10.5. The van der Waals surface area contributed by atoms with Crippen LogP contribution in [0.4, 0.5) is 26.3 Å². The molecule has 10 heteroatoms. The van der Waals surface area contributed by atoms with Gasteiger partial charge in [-0.2, -0.15) is 34.8 Å². The monoisotopic (exact) mass is 336 g/mol. The predicted octanol–water partition coefficient (Wildman–Crippen LogP) is 3.24. The van der Waals surface area contributed by atoms with Crippen molar-refractivity contribution >= 4 is 10.1 Å². The number of alkyl halides is 6. The molecule has 0 bridgehead atoms. The van der Waals surface area contributed by atoms with Gasteiger partial charge in [-0.3, -0.25) is 4.18 Å². The van der Waals surface area contributed by atoms with Gasteiger partial charge in [-0.1, -0.05) is 0 Å². The van der Waals surface area contributed by atoms with Gasteiger partial charge < -0.3 is 0 Å². The Morgan fingerprint density at radius 2 is 1.38 bits per heavy atom. The van der Waals surface area contributed by atoms with Crippen LogP contribution in [-0.4, -0.2) is 21.3 Å². The van der Waals surface area contributed by atoms with E-state index in [1.807, 2.05) is 0 Å². The highest BCUT2D eigenvalue weighted by atomic mass is 32.2. The molecule has 1 aromatic rings. The first-order valence-electron chi connectivity index (χ1n) is 5.42. The average Bonchev–Trinajstić information content (AvgIpc) is 2.24. The smallest absolute Gasteiger partial charge is 0.270 e. The first kappa shape index (κ1) is 17.8. The van der Waals surface area contributed by atoms with E-state index in [0.29, 0.717) is 12.1 Å². The first-order valence-corrected chi connectivity index (χ1v) is 7.23. The summed E-state index contributed by atoms with van der Waals surface area (Å²) in [5.74, 6) is 0. The molecule has 0 radical (unpaired) electrons. The highest BCUT2D eigenvalue weighted by Crippen LogP contribution is 2.36. The van der Waals surface area contributed by atoms with E-state index in [1.54, 1.807) is 0 Å². The molecule has 0 fully saturated rings. The second kappa shape index (κ2) is 5.84. The van der Waals surface area contributed by atoms with E-state index in [4.69, 9.17) is 0 Å². The summed E-state index contributed by atoms with van der Waals surface area (Å²) in [4.78, 5) is 0. The van der Waals surface area contributed by atoms with E-state index in [1.165, 1.54) is 0 Å². The summed E-state index contributed by atoms with van der Waals surface area (Å²) < 4.78 is 101. The fourth-order valence-electron chi connectivity index (χ4n) is 1.47. The number of rotatable bonds is 4. The van der Waals surface area contributed by atoms with Crippen LogP contribution < -0.4 is 0 Å². The lowest BCUT2D eigenvalue weighted by atomic mass is 10.0. The maximum Gasteiger partial charge on any atom is 0.416 e. The van der Waals surface area contributed by atoms with Crippen LogP contribution in [0.1, 0.15) is 16.7 Å². The topological polar surface area (TPSA) is 43.4 Å². The minimum Gasteiger partial charge on any atom is -0.270 e. The quantitative estimate of drug-likeness (QED) is 0.626. The van der Waals surface area contributed by atoms with Crippen molar-refractivity contribution in [2.45, 2.75) is 18.8 Å². The van der Waals surface area contributed by atoms with Crippen molar-refractivity contribution in [1.29, 1.82) is 0 Å². The van der Waals surface area contributed by atoms with Gasteiger partial charge in [0.1, 0.15) is 0 Å². The highest BCUT2D eigenvalue weighted by molar-refractivity contribution is 7.85. The van der Waals surface area contributed by atoms with E-state index in [9.17, 15) is 34.8 Å². The standard InChI is InChI=1S/C11H10F6O3S/c1-21(18,19)20-3-2-7-4-8(10(12,13)14)6-9(5-7)11(15,16)17/h4-6H,2-3H2,1H3. The molecule has 0 heterocycles. The van der Waals surface area contributed by atoms with Crippen LogP contribution in [0, 0.1) is 0 Å². The summed E-state index contributed by atoms with van der Waals surface area (Å²) in [7, 11) is -3.82. The number of benzene rings is 1. The molecule has 0 aliphatic rings. The lowest BCUT2D eigenvalue weighted by Crippen LogP contribution is -2.13. The summed E-state index contributed by atoms with van der Waals surface area (Å²) >= 11 is 0. The van der Waals surface area contributed by atoms with Gasteiger partial charge in [-0.15, -0.1) is 0 Å². The van der Waals surface area contributed by atoms with Gasteiger partial charge >= 0.3 is 12.4 Å². The highest BCUT2D eigenvalue weighted by Gasteiger charge is 2.36. The Morgan fingerprint density at radius 1 is 0.952 bits per heavy atom. The lowest BCUT2D eigenvalue weighted by Gasteiger charge is -2.14. The van der Waals surface area contributed by atoms with E-state index < -0.39 is 46.6 Å². The fraction of sp³-hybridized carbons (Fsp3) is 0.455. The van der Waals surface area contributed by atoms with E-state index in [-0.39, 0.29) is 11.6 Å². The molecule has 0 spiro atoms. The third-order valence-electron chi connectivity index (χ3n) is 2.34. The van der Waals surface area contributed by atoms with Gasteiger partial charge in [-0.25, -0.2) is 0 Å². The molecule has 21 heavy (non-hydrogen) atoms. The van der Waals surface area contributed by atoms with E-state index in [0.717, 1.165) is 6.26 Å². The molecule has 0 atom stereocenters. The molecule has 0 amide bonds. The van der Waals surface area contributed by atoms with Gasteiger partial charge in [0.05, 0.1) is 24.0 Å². The summed E-state index contributed by atoms with van der Waals surface area (Å²) in [5.41, 5.74) is -3.22. The van der Waals surface area contributed by atoms with Crippen LogP contribution in [0.15, 0.2) is 18.2 Å². The largest absolute Gasteiger partial charge is 0.416 e. The Balaban J connectivity index is 3.08. The molecule has 0 N–H and O–H groups in total. The minimum absolute atomic E-state index is 0.000914. The van der Waals surface area contributed by atoms with Crippen LogP contribution in [0.5, 0.6) is 0 Å². The zero-order valence-corrected chi connectivity index (χ0v) is 11.4. The molecule has 0 unspecified atom stereocenters. The molecule has 0 aliphatic heterocycles. The Bertz CT molecular complexity index is 571. The average molecular weight is 336 g/mol. The van der Waals surface area contributed by atoms with Crippen molar-refractivity contribution in [3.63, 3.8) is 0 Å². The van der Waals surface area contributed by atoms with Crippen molar-refractivity contribution in [2.75, 3.05) is 12.9 Å². The molecule has 1 rings (SSSR count). The second-order valence-corrected chi connectivity index (χ2v) is 5.83. The van der Waals surface area contributed by atoms with E-state index in [2.05, 4.69) is 4.18 Å². The molecule has 1 aromatic carbocycles. The van der Waals surface area contributed by atoms with Crippen LogP contribution in [0.2, 0.25) is 0 Å². The normalized spacial score (nSPS) is 13.5. The van der Waals surface area contributed by atoms with Crippen LogP contribution in [-0.2, 0) is 33.1 Å². The summed E-state index contributed by atoms with van der Waals surface area (Å²) in [6, 6.07) is 1.06. The molecule has 0 saturated heterocycles. The summed E-state index contributed by atoms with van der Waals surface area (Å²) in [6.07, 6.45) is -9.55. The van der Waals surface area contributed by atoms with Crippen molar-refractivity contribution in [3.05, 3.63) is 34.9 Å². The minimum atomic E-state index is -4.94. The Hall–Kier alpha value is -1.29. The SMILES string of the molecule is CS(=O)(=O)OCCc1cc(C(F)(F)F)cc(C(F)(F)F)c1. The number of halogens is 6. The molecular formula is C11H10F6O3S. The second-order valence-electron chi connectivity index (χ2n) is 4.19. The first-order chi connectivity index (χ1) is 9.29. The predicted molar refractivity (Wildman–Crippen MR) is 60.9 cm³/mol. The molecule has 3 nitrogen and oxygen atoms in total. The van der Waals surface area contributed by atoms with Crippen molar-refractivity contribution in [1.82, 2.24) is 0 Å². The Morgan fingerprint density at radius 3 is 1.71 bits per heavy atom. The maximum atomic E-state index is 12.6. The van der Waals surface area contributed by atoms with Gasteiger partial charge in [-0.05, 0) is 30.2 Å². The fourth-order valence-corrected chi connectivity index (χ4v) is 1.86. The molecule has 0 saturated carbocycles. The molecule has 0 aromatic heterocycles. The third kappa shape index (κ3) is 5.92. The van der Waals surface area contributed by atoms with Crippen LogP contribution >= 0.6 is 0 Å². The molecule has 0 aliphatic carbocycles. The summed E-state index contributed by atoms with van der Waals surface area (Å²) in [6.45, 7) is -0.544. The Kier molecular flexibility index (Phi) is 4.94. The van der Waals surface area contributed by atoms with Crippen LogP contribution in [0.25, 0.3) is 0 Å². The molecule has 120 valence electrons. The number of hydrogen-bond donors (Lipinski definition) is 0. The Labute approximate surface area is 116 Å². The third-order valence-corrected chi connectivity index (χ3v) is 2.93. The van der Waals surface area contributed by atoms with Gasteiger partial charge in [0.2, 0.25) is 0 Å². The molecular weight excluding hydrogens is 326 g/mol. The maximum absolute atomic E-state index is 12.6. The van der Waals surface area contributed by atoms with Crippen molar-refractivity contribution in [2.24, 2.45) is 0 Å². The van der Waals surface area contributed by atoms with Gasteiger partial charge in [0, 0.05) is 0 Å². The van der Waals surface area contributed by atoms with Crippen molar-refractivity contribution in [3.8, 4) is 0 Å². The number of hydrogen-bond acceptors (Lipinski definition) is 3. The van der Waals surface area contributed by atoms with E-state index >= 15 is 0 Å². The van der Waals surface area contributed by atoms with Crippen LogP contribution in [0.3, 0.4) is 0 Å². The van der Waals surface area contributed by atoms with Gasteiger partial charge in [0.25, 0.3) is 10.1 Å². The zero-order chi connectivity index (χ0) is 16.5. The van der Waals surface area contributed by atoms with Crippen molar-refractivity contribution < 1.29 is 38.9 Å². The van der Waals surface area contributed by atoms with Gasteiger partial charge in [0.15, 0.2) is 0 Å².